The fourth-order valence-corrected chi connectivity index (χ4v) is 3.00. The Hall–Kier alpha value is -2.70. The maximum absolute atomic E-state index is 13.9. The first-order chi connectivity index (χ1) is 12.6. The van der Waals surface area contributed by atoms with Crippen LogP contribution in [0, 0.1) is 18.7 Å². The van der Waals surface area contributed by atoms with Crippen molar-refractivity contribution < 1.29 is 18.7 Å². The SMILES string of the molecule is CCOC(=O)C1CCCN(c2cc(Oc3cc(C)ccc3F)ncn2)C1. The van der Waals surface area contributed by atoms with Gasteiger partial charge in [-0.1, -0.05) is 6.07 Å². The molecule has 1 unspecified atom stereocenters. The first-order valence-corrected chi connectivity index (χ1v) is 8.74. The average Bonchev–Trinajstić information content (AvgIpc) is 2.65. The molecule has 26 heavy (non-hydrogen) atoms. The number of hydrogen-bond donors (Lipinski definition) is 0. The number of piperidine rings is 1. The number of benzene rings is 1. The third kappa shape index (κ3) is 4.28. The summed E-state index contributed by atoms with van der Waals surface area (Å²) < 4.78 is 24.6. The Labute approximate surface area is 152 Å². The van der Waals surface area contributed by atoms with Gasteiger partial charge < -0.3 is 14.4 Å². The van der Waals surface area contributed by atoms with Crippen molar-refractivity contribution in [3.8, 4) is 11.6 Å². The highest BCUT2D eigenvalue weighted by Gasteiger charge is 2.27. The van der Waals surface area contributed by atoms with E-state index in [1.807, 2.05) is 11.8 Å². The van der Waals surface area contributed by atoms with E-state index < -0.39 is 5.82 Å². The highest BCUT2D eigenvalue weighted by molar-refractivity contribution is 5.73. The molecule has 1 atom stereocenters. The van der Waals surface area contributed by atoms with Crippen molar-refractivity contribution in [2.45, 2.75) is 26.7 Å². The Kier molecular flexibility index (Phi) is 5.65. The number of anilines is 1. The molecule has 1 aromatic carbocycles. The van der Waals surface area contributed by atoms with E-state index in [-0.39, 0.29) is 23.5 Å². The lowest BCUT2D eigenvalue weighted by Gasteiger charge is -2.32. The minimum absolute atomic E-state index is 0.123. The standard InChI is InChI=1S/C19H22FN3O3/c1-3-25-19(24)14-5-4-8-23(11-14)17-10-18(22-12-21-17)26-16-9-13(2)6-7-15(16)20/h6-7,9-10,12,14H,3-5,8,11H2,1-2H3. The molecule has 7 heteroatoms. The van der Waals surface area contributed by atoms with Gasteiger partial charge in [-0.3, -0.25) is 4.79 Å². The fourth-order valence-electron chi connectivity index (χ4n) is 3.00. The molecule has 2 aromatic rings. The first kappa shape index (κ1) is 18.1. The molecule has 0 aliphatic carbocycles. The molecule has 0 amide bonds. The van der Waals surface area contributed by atoms with Gasteiger partial charge in [0.05, 0.1) is 12.5 Å². The second-order valence-corrected chi connectivity index (χ2v) is 6.29. The molecular formula is C19H22FN3O3. The van der Waals surface area contributed by atoms with Crippen LogP contribution in [0.15, 0.2) is 30.6 Å². The summed E-state index contributed by atoms with van der Waals surface area (Å²) in [6.07, 6.45) is 3.06. The third-order valence-corrected chi connectivity index (χ3v) is 4.29. The minimum atomic E-state index is -0.448. The normalized spacial score (nSPS) is 17.0. The molecule has 0 N–H and O–H groups in total. The summed E-state index contributed by atoms with van der Waals surface area (Å²) in [5.41, 5.74) is 0.893. The van der Waals surface area contributed by atoms with Crippen LogP contribution in [0.5, 0.6) is 11.6 Å². The van der Waals surface area contributed by atoms with Gasteiger partial charge in [-0.25, -0.2) is 14.4 Å². The van der Waals surface area contributed by atoms with E-state index in [1.165, 1.54) is 12.4 Å². The molecule has 6 nitrogen and oxygen atoms in total. The highest BCUT2D eigenvalue weighted by atomic mass is 19.1. The molecule has 0 saturated carbocycles. The highest BCUT2D eigenvalue weighted by Crippen LogP contribution is 2.28. The van der Waals surface area contributed by atoms with E-state index in [1.54, 1.807) is 25.1 Å². The van der Waals surface area contributed by atoms with Crippen molar-refractivity contribution in [3.63, 3.8) is 0 Å². The second-order valence-electron chi connectivity index (χ2n) is 6.29. The van der Waals surface area contributed by atoms with Gasteiger partial charge in [-0.2, -0.15) is 0 Å². The van der Waals surface area contributed by atoms with Crippen LogP contribution in [0.3, 0.4) is 0 Å². The van der Waals surface area contributed by atoms with Crippen molar-refractivity contribution in [2.24, 2.45) is 5.92 Å². The Balaban J connectivity index is 1.74. The molecule has 3 rings (SSSR count). The molecule has 0 radical (unpaired) electrons. The molecule has 1 aliphatic rings. The van der Waals surface area contributed by atoms with Gasteiger partial charge in [0.1, 0.15) is 12.1 Å². The first-order valence-electron chi connectivity index (χ1n) is 8.74. The minimum Gasteiger partial charge on any atom is -0.466 e. The van der Waals surface area contributed by atoms with Gasteiger partial charge in [0.15, 0.2) is 11.6 Å². The van der Waals surface area contributed by atoms with E-state index in [2.05, 4.69) is 9.97 Å². The molecule has 1 aliphatic heterocycles. The van der Waals surface area contributed by atoms with Gasteiger partial charge >= 0.3 is 5.97 Å². The molecule has 1 aromatic heterocycles. The Morgan fingerprint density at radius 1 is 1.35 bits per heavy atom. The predicted octanol–water partition coefficient (Wildman–Crippen LogP) is 3.50. The second kappa shape index (κ2) is 8.12. The summed E-state index contributed by atoms with van der Waals surface area (Å²) in [6, 6.07) is 6.32. The largest absolute Gasteiger partial charge is 0.466 e. The van der Waals surface area contributed by atoms with Crippen LogP contribution in [0.25, 0.3) is 0 Å². The number of nitrogens with zero attached hydrogens (tertiary/aromatic N) is 3. The number of carbonyl (C=O) groups is 1. The number of carbonyl (C=O) groups excluding carboxylic acids is 1. The summed E-state index contributed by atoms with van der Waals surface area (Å²) in [5, 5.41) is 0. The summed E-state index contributed by atoms with van der Waals surface area (Å²) >= 11 is 0. The van der Waals surface area contributed by atoms with Crippen LogP contribution >= 0.6 is 0 Å². The number of aromatic nitrogens is 2. The van der Waals surface area contributed by atoms with Gasteiger partial charge in [0.2, 0.25) is 5.88 Å². The van der Waals surface area contributed by atoms with Crippen LogP contribution in [-0.2, 0) is 9.53 Å². The number of ether oxygens (including phenoxy) is 2. The number of aryl methyl sites for hydroxylation is 1. The van der Waals surface area contributed by atoms with Crippen molar-refractivity contribution in [1.82, 2.24) is 9.97 Å². The summed E-state index contributed by atoms with van der Waals surface area (Å²) in [5.74, 6) is 0.241. The molecule has 1 fully saturated rings. The Bertz CT molecular complexity index is 784. The van der Waals surface area contributed by atoms with E-state index in [0.29, 0.717) is 19.0 Å². The maximum Gasteiger partial charge on any atom is 0.310 e. The number of hydrogen-bond acceptors (Lipinski definition) is 6. The van der Waals surface area contributed by atoms with E-state index in [0.717, 1.165) is 24.9 Å². The van der Waals surface area contributed by atoms with Crippen molar-refractivity contribution >= 4 is 11.8 Å². The zero-order chi connectivity index (χ0) is 18.5. The number of rotatable bonds is 5. The van der Waals surface area contributed by atoms with Crippen molar-refractivity contribution in [1.29, 1.82) is 0 Å². The zero-order valence-corrected chi connectivity index (χ0v) is 14.9. The van der Waals surface area contributed by atoms with Gasteiger partial charge in [-0.15, -0.1) is 0 Å². The van der Waals surface area contributed by atoms with Crippen LogP contribution in [-0.4, -0.2) is 35.6 Å². The van der Waals surface area contributed by atoms with Crippen LogP contribution in [0.4, 0.5) is 10.2 Å². The van der Waals surface area contributed by atoms with Crippen LogP contribution in [0.1, 0.15) is 25.3 Å². The van der Waals surface area contributed by atoms with Crippen molar-refractivity contribution in [3.05, 3.63) is 42.0 Å². The van der Waals surface area contributed by atoms with Crippen molar-refractivity contribution in [2.75, 3.05) is 24.6 Å². The van der Waals surface area contributed by atoms with Gasteiger partial charge in [0, 0.05) is 19.2 Å². The summed E-state index contributed by atoms with van der Waals surface area (Å²) in [4.78, 5) is 22.3. The predicted molar refractivity (Wildman–Crippen MR) is 94.8 cm³/mol. The van der Waals surface area contributed by atoms with E-state index in [9.17, 15) is 9.18 Å². The number of halogens is 1. The van der Waals surface area contributed by atoms with E-state index in [4.69, 9.17) is 9.47 Å². The smallest absolute Gasteiger partial charge is 0.310 e. The Morgan fingerprint density at radius 3 is 3.00 bits per heavy atom. The molecule has 1 saturated heterocycles. The molecule has 2 heterocycles. The van der Waals surface area contributed by atoms with Gasteiger partial charge in [0.25, 0.3) is 0 Å². The molecule has 0 bridgehead atoms. The molecule has 138 valence electrons. The number of esters is 1. The lowest BCUT2D eigenvalue weighted by atomic mass is 9.98. The van der Waals surface area contributed by atoms with Crippen LogP contribution in [0.2, 0.25) is 0 Å². The third-order valence-electron chi connectivity index (χ3n) is 4.29. The molecular weight excluding hydrogens is 337 g/mol. The Morgan fingerprint density at radius 2 is 2.19 bits per heavy atom. The lowest BCUT2D eigenvalue weighted by molar-refractivity contribution is -0.148. The summed E-state index contributed by atoms with van der Waals surface area (Å²) in [7, 11) is 0. The maximum atomic E-state index is 13.9. The quantitative estimate of drug-likeness (QED) is 0.762. The topological polar surface area (TPSA) is 64.5 Å². The average molecular weight is 359 g/mol. The molecule has 0 spiro atoms. The zero-order valence-electron chi connectivity index (χ0n) is 14.9. The fraction of sp³-hybridized carbons (Fsp3) is 0.421. The monoisotopic (exact) mass is 359 g/mol. The van der Waals surface area contributed by atoms with Crippen LogP contribution < -0.4 is 9.64 Å². The summed E-state index contributed by atoms with van der Waals surface area (Å²) in [6.45, 7) is 5.36. The van der Waals surface area contributed by atoms with E-state index >= 15 is 0 Å². The lowest BCUT2D eigenvalue weighted by Crippen LogP contribution is -2.39. The van der Waals surface area contributed by atoms with Gasteiger partial charge in [-0.05, 0) is 44.4 Å².